The number of nitrogens with zero attached hydrogens (tertiary/aromatic N) is 3. The summed E-state index contributed by atoms with van der Waals surface area (Å²) in [5.41, 5.74) is 0.242. The van der Waals surface area contributed by atoms with Gasteiger partial charge in [-0.25, -0.2) is 9.97 Å². The van der Waals surface area contributed by atoms with Gasteiger partial charge in [0.2, 0.25) is 0 Å². The topological polar surface area (TPSA) is 106 Å². The lowest BCUT2D eigenvalue weighted by atomic mass is 9.94. The molecule has 1 amide bonds. The zero-order valence-corrected chi connectivity index (χ0v) is 22.3. The maximum atomic E-state index is 13.7. The summed E-state index contributed by atoms with van der Waals surface area (Å²) in [7, 11) is 4.92. The van der Waals surface area contributed by atoms with E-state index < -0.39 is 0 Å². The van der Waals surface area contributed by atoms with Gasteiger partial charge in [-0.3, -0.25) is 4.79 Å². The van der Waals surface area contributed by atoms with E-state index in [1.54, 1.807) is 27.5 Å². The summed E-state index contributed by atoms with van der Waals surface area (Å²) < 4.78 is 9.38. The van der Waals surface area contributed by atoms with Crippen LogP contribution in [-0.2, 0) is 19.7 Å². The number of ether oxygens (including phenoxy) is 2. The van der Waals surface area contributed by atoms with Crippen LogP contribution in [0.25, 0.3) is 0 Å². The Hall–Kier alpha value is -2.10. The van der Waals surface area contributed by atoms with E-state index in [1.165, 1.54) is 0 Å². The number of piperidine rings is 1. The zero-order chi connectivity index (χ0) is 25.7. The summed E-state index contributed by atoms with van der Waals surface area (Å²) >= 11 is 0. The Labute approximate surface area is 205 Å². The van der Waals surface area contributed by atoms with E-state index in [4.69, 9.17) is 9.72 Å². The molecular formula is C25H45N5O4. The molecular weight excluding hydrogens is 434 g/mol. The fraction of sp³-hybridized carbons (Fsp3) is 0.760. The van der Waals surface area contributed by atoms with Crippen molar-refractivity contribution in [3.63, 3.8) is 0 Å². The highest BCUT2D eigenvalue weighted by atomic mass is 16.5. The van der Waals surface area contributed by atoms with Crippen LogP contribution in [-0.4, -0.2) is 87.2 Å². The number of aromatic nitrogens is 2. The van der Waals surface area contributed by atoms with Crippen molar-refractivity contribution in [3.05, 3.63) is 17.6 Å². The molecule has 0 saturated carbocycles. The SMILES string of the molecule is COC.COCCCNc1nc(C(C)(C)C)ncc1C(=O)N(CC(C)C)C1CNCC(C=O)C1. The number of anilines is 1. The number of hydrogen-bond acceptors (Lipinski definition) is 8. The quantitative estimate of drug-likeness (QED) is 0.390. The first-order valence-electron chi connectivity index (χ1n) is 12.1. The molecule has 9 heteroatoms. The smallest absolute Gasteiger partial charge is 0.259 e. The lowest BCUT2D eigenvalue weighted by Crippen LogP contribution is -2.52. The van der Waals surface area contributed by atoms with Crippen LogP contribution >= 0.6 is 0 Å². The van der Waals surface area contributed by atoms with Gasteiger partial charge in [0.15, 0.2) is 0 Å². The maximum Gasteiger partial charge on any atom is 0.259 e. The van der Waals surface area contributed by atoms with Gasteiger partial charge in [-0.05, 0) is 18.8 Å². The molecule has 194 valence electrons. The Kier molecular flexibility index (Phi) is 13.2. The van der Waals surface area contributed by atoms with E-state index in [0.717, 1.165) is 12.7 Å². The Balaban J connectivity index is 0.00000182. The number of rotatable bonds is 10. The molecule has 2 atom stereocenters. The molecule has 1 aromatic rings. The molecule has 34 heavy (non-hydrogen) atoms. The Morgan fingerprint density at radius 3 is 2.53 bits per heavy atom. The predicted octanol–water partition coefficient (Wildman–Crippen LogP) is 2.76. The number of methoxy groups -OCH3 is 2. The maximum absolute atomic E-state index is 13.7. The van der Waals surface area contributed by atoms with Crippen LogP contribution in [0.3, 0.4) is 0 Å². The second-order valence-electron chi connectivity index (χ2n) is 10.2. The molecule has 1 aliphatic rings. The molecule has 2 unspecified atom stereocenters. The Bertz CT molecular complexity index is 751. The van der Waals surface area contributed by atoms with Crippen LogP contribution in [0.4, 0.5) is 5.82 Å². The third-order valence-corrected chi connectivity index (χ3v) is 5.32. The van der Waals surface area contributed by atoms with E-state index in [-0.39, 0.29) is 23.3 Å². The van der Waals surface area contributed by atoms with Crippen molar-refractivity contribution in [1.82, 2.24) is 20.2 Å². The molecule has 1 saturated heterocycles. The summed E-state index contributed by atoms with van der Waals surface area (Å²) in [5.74, 6) is 1.38. The van der Waals surface area contributed by atoms with Gasteiger partial charge >= 0.3 is 0 Å². The van der Waals surface area contributed by atoms with E-state index in [1.807, 2.05) is 4.90 Å². The van der Waals surface area contributed by atoms with Gasteiger partial charge in [0.1, 0.15) is 23.5 Å². The van der Waals surface area contributed by atoms with Gasteiger partial charge in [-0.1, -0.05) is 34.6 Å². The van der Waals surface area contributed by atoms with Gasteiger partial charge < -0.3 is 29.8 Å². The average molecular weight is 480 g/mol. The number of carbonyl (C=O) groups is 2. The van der Waals surface area contributed by atoms with Crippen LogP contribution in [0, 0.1) is 11.8 Å². The monoisotopic (exact) mass is 479 g/mol. The zero-order valence-electron chi connectivity index (χ0n) is 22.3. The van der Waals surface area contributed by atoms with Crippen molar-refractivity contribution in [1.29, 1.82) is 0 Å². The summed E-state index contributed by atoms with van der Waals surface area (Å²) in [4.78, 5) is 36.2. The summed E-state index contributed by atoms with van der Waals surface area (Å²) in [6.07, 6.45) is 4.12. The average Bonchev–Trinajstić information content (AvgIpc) is 2.79. The van der Waals surface area contributed by atoms with Crippen LogP contribution in [0.2, 0.25) is 0 Å². The molecule has 0 spiro atoms. The second-order valence-corrected chi connectivity index (χ2v) is 10.2. The molecule has 1 aromatic heterocycles. The van der Waals surface area contributed by atoms with Gasteiger partial charge in [0.25, 0.3) is 5.91 Å². The number of carbonyl (C=O) groups excluding carboxylic acids is 2. The highest BCUT2D eigenvalue weighted by Crippen LogP contribution is 2.25. The molecule has 9 nitrogen and oxygen atoms in total. The standard InChI is InChI=1S/C23H39N5O3.C2H6O/c1-16(2)14-28(18-10-17(15-29)11-24-12-18)21(30)19-13-26-22(23(3,4)5)27-20(19)25-8-7-9-31-6;1-3-2/h13,15-18,24H,7-12,14H2,1-6H3,(H,25,26,27);1-2H3. The van der Waals surface area contributed by atoms with Crippen LogP contribution < -0.4 is 10.6 Å². The predicted molar refractivity (Wildman–Crippen MR) is 135 cm³/mol. The highest BCUT2D eigenvalue weighted by Gasteiger charge is 2.32. The molecule has 0 aromatic carbocycles. The lowest BCUT2D eigenvalue weighted by molar-refractivity contribution is -0.112. The number of nitrogens with one attached hydrogen (secondary N) is 2. The van der Waals surface area contributed by atoms with Gasteiger partial charge in [0.05, 0.1) is 0 Å². The first kappa shape index (κ1) is 29.9. The van der Waals surface area contributed by atoms with Crippen molar-refractivity contribution in [3.8, 4) is 0 Å². The number of hydrogen-bond donors (Lipinski definition) is 2. The normalized spacial score (nSPS) is 18.1. The fourth-order valence-electron chi connectivity index (χ4n) is 3.70. The highest BCUT2D eigenvalue weighted by molar-refractivity contribution is 5.98. The molecule has 2 heterocycles. The van der Waals surface area contributed by atoms with Crippen molar-refractivity contribution in [2.24, 2.45) is 11.8 Å². The van der Waals surface area contributed by atoms with Crippen molar-refractivity contribution in [2.45, 2.75) is 58.9 Å². The largest absolute Gasteiger partial charge is 0.388 e. The summed E-state index contributed by atoms with van der Waals surface area (Å²) in [6.45, 7) is 13.6. The van der Waals surface area contributed by atoms with Crippen molar-refractivity contribution >= 4 is 18.0 Å². The summed E-state index contributed by atoms with van der Waals surface area (Å²) in [6, 6.07) is -0.0394. The molecule has 1 fully saturated rings. The molecule has 2 N–H and O–H groups in total. The molecule has 0 radical (unpaired) electrons. The first-order chi connectivity index (χ1) is 16.1. The van der Waals surface area contributed by atoms with Crippen molar-refractivity contribution in [2.75, 3.05) is 59.4 Å². The Morgan fingerprint density at radius 1 is 1.29 bits per heavy atom. The van der Waals surface area contributed by atoms with E-state index >= 15 is 0 Å². The minimum Gasteiger partial charge on any atom is -0.388 e. The third kappa shape index (κ3) is 9.64. The molecule has 0 aliphatic carbocycles. The summed E-state index contributed by atoms with van der Waals surface area (Å²) in [5, 5.41) is 6.62. The number of amides is 1. The van der Waals surface area contributed by atoms with E-state index in [9.17, 15) is 9.59 Å². The van der Waals surface area contributed by atoms with Crippen LogP contribution in [0.15, 0.2) is 6.20 Å². The third-order valence-electron chi connectivity index (χ3n) is 5.32. The van der Waals surface area contributed by atoms with Crippen LogP contribution in [0.5, 0.6) is 0 Å². The number of aldehydes is 1. The second kappa shape index (κ2) is 15.0. The molecule has 0 bridgehead atoms. The minimum atomic E-state index is -0.230. The van der Waals surface area contributed by atoms with E-state index in [2.05, 4.69) is 55.0 Å². The van der Waals surface area contributed by atoms with Crippen molar-refractivity contribution < 1.29 is 19.1 Å². The van der Waals surface area contributed by atoms with Gasteiger partial charge in [-0.15, -0.1) is 0 Å². The first-order valence-corrected chi connectivity index (χ1v) is 12.1. The fourth-order valence-corrected chi connectivity index (χ4v) is 3.70. The van der Waals surface area contributed by atoms with Gasteiger partial charge in [0, 0.05) is 77.7 Å². The molecule has 1 aliphatic heterocycles. The lowest BCUT2D eigenvalue weighted by Gasteiger charge is -2.38. The Morgan fingerprint density at radius 2 is 1.97 bits per heavy atom. The molecule has 2 rings (SSSR count). The minimum absolute atomic E-state index is 0.0394. The van der Waals surface area contributed by atoms with Gasteiger partial charge in [-0.2, -0.15) is 0 Å². The van der Waals surface area contributed by atoms with E-state index in [0.29, 0.717) is 62.3 Å². The van der Waals surface area contributed by atoms with Crippen LogP contribution in [0.1, 0.15) is 63.6 Å².